The molecule has 0 aromatic heterocycles. The van der Waals surface area contributed by atoms with Gasteiger partial charge in [0.15, 0.2) is 0 Å². The van der Waals surface area contributed by atoms with Crippen LogP contribution in [-0.4, -0.2) is 24.5 Å². The maximum Gasteiger partial charge on any atom is 0.303 e. The van der Waals surface area contributed by atoms with Gasteiger partial charge in [-0.1, -0.05) is 30.3 Å². The van der Waals surface area contributed by atoms with Crippen molar-refractivity contribution in [3.05, 3.63) is 35.9 Å². The van der Waals surface area contributed by atoms with E-state index >= 15 is 0 Å². The summed E-state index contributed by atoms with van der Waals surface area (Å²) in [4.78, 5) is 19.6. The molecule has 0 fully saturated rings. The fourth-order valence-electron chi connectivity index (χ4n) is 1.24. The van der Waals surface area contributed by atoms with Crippen molar-refractivity contribution in [3.63, 3.8) is 0 Å². The Kier molecular flexibility index (Phi) is 10.7. The van der Waals surface area contributed by atoms with E-state index in [0.29, 0.717) is 25.9 Å². The Bertz CT molecular complexity index is 322. The zero-order valence-corrected chi connectivity index (χ0v) is 10.7. The third-order valence-electron chi connectivity index (χ3n) is 2.12. The molecule has 0 bridgehead atoms. The standard InChI is InChI=1S/C8H10O.C6H10O3/c1-9-7-8-5-3-2-4-6-8;7-5-3-1-2-4-6(8)9/h2-6H,7H2,1H3;5H,1-4H2,(H,8,9). The fourth-order valence-corrected chi connectivity index (χ4v) is 1.24. The van der Waals surface area contributed by atoms with Crippen LogP contribution in [0.5, 0.6) is 0 Å². The van der Waals surface area contributed by atoms with Crippen LogP contribution in [0.15, 0.2) is 30.3 Å². The number of hydrogen-bond donors (Lipinski definition) is 1. The van der Waals surface area contributed by atoms with Gasteiger partial charge < -0.3 is 14.6 Å². The summed E-state index contributed by atoms with van der Waals surface area (Å²) >= 11 is 0. The predicted molar refractivity (Wildman–Crippen MR) is 69.3 cm³/mol. The molecule has 0 atom stereocenters. The first-order chi connectivity index (χ1) is 8.70. The average molecular weight is 252 g/mol. The molecule has 1 aromatic rings. The molecule has 0 saturated heterocycles. The van der Waals surface area contributed by atoms with Crippen molar-refractivity contribution in [1.29, 1.82) is 0 Å². The van der Waals surface area contributed by atoms with E-state index in [1.165, 1.54) is 5.56 Å². The molecule has 4 heteroatoms. The Morgan fingerprint density at radius 2 is 1.94 bits per heavy atom. The van der Waals surface area contributed by atoms with Gasteiger partial charge in [-0.2, -0.15) is 0 Å². The number of rotatable bonds is 7. The highest BCUT2D eigenvalue weighted by molar-refractivity contribution is 5.66. The minimum Gasteiger partial charge on any atom is -0.481 e. The molecule has 4 nitrogen and oxygen atoms in total. The van der Waals surface area contributed by atoms with Crippen LogP contribution in [0.1, 0.15) is 31.2 Å². The van der Waals surface area contributed by atoms with Gasteiger partial charge in [0.25, 0.3) is 0 Å². The van der Waals surface area contributed by atoms with Gasteiger partial charge in [0, 0.05) is 20.0 Å². The number of ether oxygens (including phenoxy) is 1. The molecule has 0 unspecified atom stereocenters. The average Bonchev–Trinajstić information content (AvgIpc) is 2.37. The molecule has 1 rings (SSSR count). The van der Waals surface area contributed by atoms with Crippen molar-refractivity contribution in [2.75, 3.05) is 7.11 Å². The van der Waals surface area contributed by atoms with Crippen LogP contribution < -0.4 is 0 Å². The van der Waals surface area contributed by atoms with Crippen LogP contribution in [-0.2, 0) is 20.9 Å². The third kappa shape index (κ3) is 10.8. The number of carboxylic acids is 1. The van der Waals surface area contributed by atoms with Crippen LogP contribution in [0.3, 0.4) is 0 Å². The number of methoxy groups -OCH3 is 1. The van der Waals surface area contributed by atoms with Crippen molar-refractivity contribution in [3.8, 4) is 0 Å². The van der Waals surface area contributed by atoms with Gasteiger partial charge in [0.1, 0.15) is 6.29 Å². The van der Waals surface area contributed by atoms with E-state index in [2.05, 4.69) is 0 Å². The molecular formula is C14H20O4. The smallest absolute Gasteiger partial charge is 0.303 e. The number of benzene rings is 1. The van der Waals surface area contributed by atoms with Gasteiger partial charge in [-0.25, -0.2) is 0 Å². The molecule has 0 spiro atoms. The SMILES string of the molecule is COCc1ccccc1.O=CCCCCC(=O)O. The van der Waals surface area contributed by atoms with E-state index in [1.54, 1.807) is 7.11 Å². The monoisotopic (exact) mass is 252 g/mol. The summed E-state index contributed by atoms with van der Waals surface area (Å²) in [5.41, 5.74) is 1.22. The van der Waals surface area contributed by atoms with Crippen LogP contribution in [0, 0.1) is 0 Å². The molecule has 18 heavy (non-hydrogen) atoms. The molecule has 0 heterocycles. The number of aldehydes is 1. The first-order valence-corrected chi connectivity index (χ1v) is 5.89. The van der Waals surface area contributed by atoms with Gasteiger partial charge in [-0.3, -0.25) is 4.79 Å². The number of carbonyl (C=O) groups is 2. The summed E-state index contributed by atoms with van der Waals surface area (Å²) in [6.45, 7) is 0.709. The summed E-state index contributed by atoms with van der Waals surface area (Å²) in [5.74, 6) is -0.791. The van der Waals surface area contributed by atoms with E-state index in [9.17, 15) is 9.59 Å². The summed E-state index contributed by atoms with van der Waals surface area (Å²) in [7, 11) is 1.70. The molecular weight excluding hydrogens is 232 g/mol. The van der Waals surface area contributed by atoms with Gasteiger partial charge >= 0.3 is 5.97 Å². The van der Waals surface area contributed by atoms with E-state index < -0.39 is 5.97 Å². The Labute approximate surface area is 108 Å². The summed E-state index contributed by atoms with van der Waals surface area (Å²) in [6.07, 6.45) is 2.76. The van der Waals surface area contributed by atoms with E-state index in [1.807, 2.05) is 30.3 Å². The molecule has 100 valence electrons. The van der Waals surface area contributed by atoms with Crippen LogP contribution >= 0.6 is 0 Å². The van der Waals surface area contributed by atoms with Crippen molar-refractivity contribution < 1.29 is 19.4 Å². The third-order valence-corrected chi connectivity index (χ3v) is 2.12. The van der Waals surface area contributed by atoms with E-state index in [-0.39, 0.29) is 6.42 Å². The number of aliphatic carboxylic acids is 1. The summed E-state index contributed by atoms with van der Waals surface area (Å²) in [5, 5.41) is 8.12. The lowest BCUT2D eigenvalue weighted by molar-refractivity contribution is -0.137. The predicted octanol–water partition coefficient (Wildman–Crippen LogP) is 2.66. The van der Waals surface area contributed by atoms with Crippen molar-refractivity contribution in [1.82, 2.24) is 0 Å². The lowest BCUT2D eigenvalue weighted by Gasteiger charge is -1.95. The second-order valence-corrected chi connectivity index (χ2v) is 3.72. The van der Waals surface area contributed by atoms with Gasteiger partial charge in [0.05, 0.1) is 6.61 Å². The molecule has 0 aliphatic rings. The Hall–Kier alpha value is -1.68. The largest absolute Gasteiger partial charge is 0.481 e. The van der Waals surface area contributed by atoms with Crippen molar-refractivity contribution in [2.24, 2.45) is 0 Å². The zero-order valence-electron chi connectivity index (χ0n) is 10.7. The fraction of sp³-hybridized carbons (Fsp3) is 0.429. The Morgan fingerprint density at radius 3 is 2.44 bits per heavy atom. The van der Waals surface area contributed by atoms with Gasteiger partial charge in [0.2, 0.25) is 0 Å². The molecule has 0 radical (unpaired) electrons. The zero-order chi connectivity index (χ0) is 13.6. The highest BCUT2D eigenvalue weighted by atomic mass is 16.5. The minimum atomic E-state index is -0.791. The molecule has 0 aliphatic heterocycles. The molecule has 0 saturated carbocycles. The Balaban J connectivity index is 0.000000321. The quantitative estimate of drug-likeness (QED) is 0.598. The van der Waals surface area contributed by atoms with Gasteiger partial charge in [-0.05, 0) is 18.4 Å². The lowest BCUT2D eigenvalue weighted by atomic mass is 10.2. The molecule has 1 N–H and O–H groups in total. The molecule has 1 aromatic carbocycles. The van der Waals surface area contributed by atoms with E-state index in [0.717, 1.165) is 6.29 Å². The maximum absolute atomic E-state index is 9.87. The second kappa shape index (κ2) is 11.8. The molecule has 0 aliphatic carbocycles. The van der Waals surface area contributed by atoms with E-state index in [4.69, 9.17) is 9.84 Å². The maximum atomic E-state index is 9.87. The van der Waals surface area contributed by atoms with Crippen LogP contribution in [0.25, 0.3) is 0 Å². The second-order valence-electron chi connectivity index (χ2n) is 3.72. The first-order valence-electron chi connectivity index (χ1n) is 5.89. The first kappa shape index (κ1) is 16.3. The highest BCUT2D eigenvalue weighted by Gasteiger charge is 1.94. The topological polar surface area (TPSA) is 63.6 Å². The van der Waals surface area contributed by atoms with Crippen molar-refractivity contribution in [2.45, 2.75) is 32.3 Å². The highest BCUT2D eigenvalue weighted by Crippen LogP contribution is 1.98. The number of hydrogen-bond acceptors (Lipinski definition) is 3. The Morgan fingerprint density at radius 1 is 1.28 bits per heavy atom. The number of unbranched alkanes of at least 4 members (excludes halogenated alkanes) is 2. The summed E-state index contributed by atoms with van der Waals surface area (Å²) in [6, 6.07) is 10.1. The molecule has 0 amide bonds. The van der Waals surface area contributed by atoms with Crippen LogP contribution in [0.2, 0.25) is 0 Å². The normalized spacial score (nSPS) is 9.17. The lowest BCUT2D eigenvalue weighted by Crippen LogP contribution is -1.93. The summed E-state index contributed by atoms with van der Waals surface area (Å²) < 4.78 is 4.93. The van der Waals surface area contributed by atoms with Crippen LogP contribution in [0.4, 0.5) is 0 Å². The number of carbonyl (C=O) groups excluding carboxylic acids is 1. The number of carboxylic acid groups (broad SMARTS) is 1. The van der Waals surface area contributed by atoms with Gasteiger partial charge in [-0.15, -0.1) is 0 Å². The minimum absolute atomic E-state index is 0.174. The van der Waals surface area contributed by atoms with Crippen molar-refractivity contribution >= 4 is 12.3 Å².